The molecule has 0 aliphatic heterocycles. The molecule has 2 heteroatoms. The van der Waals surface area contributed by atoms with Gasteiger partial charge in [0.25, 0.3) is 0 Å². The smallest absolute Gasteiger partial charge is 0.0423 e. The van der Waals surface area contributed by atoms with Crippen molar-refractivity contribution in [3.63, 3.8) is 0 Å². The Morgan fingerprint density at radius 2 is 1.74 bits per heavy atom. The van der Waals surface area contributed by atoms with Gasteiger partial charge in [-0.25, -0.2) is 0 Å². The normalized spacial score (nSPS) is 10.6. The Balaban J connectivity index is 2.12. The van der Waals surface area contributed by atoms with E-state index in [-0.39, 0.29) is 0 Å². The number of aromatic nitrogens is 1. The van der Waals surface area contributed by atoms with Gasteiger partial charge in [0.2, 0.25) is 0 Å². The minimum atomic E-state index is 1.10. The monoisotopic (exact) mass is 248 g/mol. The average molecular weight is 248 g/mol. The number of para-hydroxylation sites is 1. The highest BCUT2D eigenvalue weighted by atomic mass is 14.9. The molecule has 2 aromatic carbocycles. The molecule has 0 fully saturated rings. The molecule has 2 nitrogen and oxygen atoms in total. The fourth-order valence-electron chi connectivity index (χ4n) is 2.39. The lowest BCUT2D eigenvalue weighted by Crippen LogP contribution is -1.95. The van der Waals surface area contributed by atoms with E-state index in [1.54, 1.807) is 0 Å². The number of benzene rings is 2. The Labute approximate surface area is 113 Å². The van der Waals surface area contributed by atoms with Gasteiger partial charge in [-0.3, -0.25) is 4.98 Å². The summed E-state index contributed by atoms with van der Waals surface area (Å²) >= 11 is 0. The highest BCUT2D eigenvalue weighted by Gasteiger charge is 2.06. The van der Waals surface area contributed by atoms with Crippen molar-refractivity contribution in [3.05, 3.63) is 66.0 Å². The summed E-state index contributed by atoms with van der Waals surface area (Å²) < 4.78 is 0. The molecule has 1 N–H and O–H groups in total. The van der Waals surface area contributed by atoms with E-state index in [1.165, 1.54) is 21.9 Å². The maximum Gasteiger partial charge on any atom is 0.0423 e. The Morgan fingerprint density at radius 3 is 2.53 bits per heavy atom. The summed E-state index contributed by atoms with van der Waals surface area (Å²) in [7, 11) is 0. The molecule has 0 amide bonds. The summed E-state index contributed by atoms with van der Waals surface area (Å²) in [5, 5.41) is 5.96. The van der Waals surface area contributed by atoms with Crippen molar-refractivity contribution < 1.29 is 0 Å². The first-order valence-electron chi connectivity index (χ1n) is 6.42. The largest absolute Gasteiger partial charge is 0.355 e. The zero-order chi connectivity index (χ0) is 13.2. The summed E-state index contributed by atoms with van der Waals surface area (Å²) in [6, 6.07) is 14.5. The molecule has 0 bridgehead atoms. The molecule has 0 radical (unpaired) electrons. The van der Waals surface area contributed by atoms with Crippen LogP contribution in [0, 0.1) is 13.8 Å². The molecule has 1 aromatic heterocycles. The Morgan fingerprint density at radius 1 is 0.947 bits per heavy atom. The zero-order valence-electron chi connectivity index (χ0n) is 11.1. The topological polar surface area (TPSA) is 24.9 Å². The van der Waals surface area contributed by atoms with Crippen molar-refractivity contribution in [2.75, 3.05) is 5.32 Å². The van der Waals surface area contributed by atoms with Gasteiger partial charge in [0.15, 0.2) is 0 Å². The van der Waals surface area contributed by atoms with E-state index in [0.717, 1.165) is 11.4 Å². The number of hydrogen-bond acceptors (Lipinski definition) is 2. The van der Waals surface area contributed by atoms with Gasteiger partial charge in [0.1, 0.15) is 0 Å². The molecule has 0 spiro atoms. The lowest BCUT2D eigenvalue weighted by Gasteiger charge is -2.14. The van der Waals surface area contributed by atoms with Crippen LogP contribution in [-0.2, 0) is 0 Å². The summed E-state index contributed by atoms with van der Waals surface area (Å²) in [5.74, 6) is 0. The van der Waals surface area contributed by atoms with Crippen molar-refractivity contribution in [1.29, 1.82) is 0 Å². The number of nitrogens with one attached hydrogen (secondary N) is 1. The molecule has 3 aromatic rings. The van der Waals surface area contributed by atoms with E-state index in [2.05, 4.69) is 48.4 Å². The van der Waals surface area contributed by atoms with Crippen molar-refractivity contribution in [3.8, 4) is 0 Å². The second-order valence-electron chi connectivity index (χ2n) is 4.78. The molecule has 0 aliphatic rings. The molecular weight excluding hydrogens is 232 g/mol. The molecular formula is C17H16N2. The van der Waals surface area contributed by atoms with Gasteiger partial charge >= 0.3 is 0 Å². The lowest BCUT2D eigenvalue weighted by atomic mass is 10.0. The van der Waals surface area contributed by atoms with Crippen LogP contribution in [0.25, 0.3) is 10.8 Å². The summed E-state index contributed by atoms with van der Waals surface area (Å²) in [6.45, 7) is 4.27. The van der Waals surface area contributed by atoms with Crippen LogP contribution < -0.4 is 5.32 Å². The van der Waals surface area contributed by atoms with Gasteiger partial charge < -0.3 is 5.32 Å². The Kier molecular flexibility index (Phi) is 2.92. The van der Waals surface area contributed by atoms with Crippen LogP contribution in [0.5, 0.6) is 0 Å². The van der Waals surface area contributed by atoms with E-state index in [4.69, 9.17) is 0 Å². The van der Waals surface area contributed by atoms with E-state index in [1.807, 2.05) is 30.6 Å². The highest BCUT2D eigenvalue weighted by molar-refractivity contribution is 5.92. The van der Waals surface area contributed by atoms with Crippen molar-refractivity contribution in [2.45, 2.75) is 13.8 Å². The van der Waals surface area contributed by atoms with Crippen molar-refractivity contribution in [1.82, 2.24) is 4.98 Å². The first-order valence-corrected chi connectivity index (χ1v) is 6.42. The fraction of sp³-hybridized carbons (Fsp3) is 0.118. The van der Waals surface area contributed by atoms with Gasteiger partial charge in [-0.05, 0) is 54.6 Å². The zero-order valence-corrected chi connectivity index (χ0v) is 11.1. The molecule has 0 saturated heterocycles. The van der Waals surface area contributed by atoms with Crippen molar-refractivity contribution in [2.24, 2.45) is 0 Å². The maximum absolute atomic E-state index is 4.24. The van der Waals surface area contributed by atoms with E-state index in [0.29, 0.717) is 0 Å². The van der Waals surface area contributed by atoms with E-state index >= 15 is 0 Å². The molecule has 3 rings (SSSR count). The number of pyridine rings is 1. The van der Waals surface area contributed by atoms with Gasteiger partial charge in [-0.2, -0.15) is 0 Å². The highest BCUT2D eigenvalue weighted by Crippen LogP contribution is 2.29. The first-order chi connectivity index (χ1) is 9.25. The van der Waals surface area contributed by atoms with Crippen LogP contribution >= 0.6 is 0 Å². The minimum Gasteiger partial charge on any atom is -0.355 e. The van der Waals surface area contributed by atoms with Crippen LogP contribution in [0.2, 0.25) is 0 Å². The third kappa shape index (κ3) is 2.17. The molecule has 19 heavy (non-hydrogen) atoms. The van der Waals surface area contributed by atoms with Crippen LogP contribution in [0.3, 0.4) is 0 Å². The van der Waals surface area contributed by atoms with Gasteiger partial charge in [0.05, 0.1) is 0 Å². The van der Waals surface area contributed by atoms with E-state index in [9.17, 15) is 0 Å². The predicted molar refractivity (Wildman–Crippen MR) is 80.9 cm³/mol. The molecule has 0 aliphatic carbocycles. The second-order valence-corrected chi connectivity index (χ2v) is 4.78. The third-order valence-corrected chi connectivity index (χ3v) is 3.47. The van der Waals surface area contributed by atoms with Crippen LogP contribution in [0.4, 0.5) is 11.4 Å². The minimum absolute atomic E-state index is 1.10. The Bertz CT molecular complexity index is 718. The number of aryl methyl sites for hydroxylation is 2. The molecule has 0 atom stereocenters. The average Bonchev–Trinajstić information content (AvgIpc) is 2.46. The standard InChI is InChI=1S/C17H16N2/c1-12-10-17(19-14-6-4-3-5-7-14)13(2)16-11-18-9-8-15(12)16/h3-11,19H,1-2H3. The van der Waals surface area contributed by atoms with Crippen LogP contribution in [0.15, 0.2) is 54.9 Å². The third-order valence-electron chi connectivity index (χ3n) is 3.47. The summed E-state index contributed by atoms with van der Waals surface area (Å²) in [5.41, 5.74) is 4.75. The lowest BCUT2D eigenvalue weighted by molar-refractivity contribution is 1.33. The maximum atomic E-state index is 4.24. The summed E-state index contributed by atoms with van der Waals surface area (Å²) in [4.78, 5) is 4.24. The quantitative estimate of drug-likeness (QED) is 0.717. The van der Waals surface area contributed by atoms with E-state index < -0.39 is 0 Å². The van der Waals surface area contributed by atoms with Crippen molar-refractivity contribution >= 4 is 22.1 Å². The van der Waals surface area contributed by atoms with Gasteiger partial charge in [-0.1, -0.05) is 18.2 Å². The number of rotatable bonds is 2. The molecule has 0 unspecified atom stereocenters. The second kappa shape index (κ2) is 4.73. The van der Waals surface area contributed by atoms with Gasteiger partial charge in [-0.15, -0.1) is 0 Å². The SMILES string of the molecule is Cc1cc(Nc2ccccc2)c(C)c2cnccc12. The number of nitrogens with zero attached hydrogens (tertiary/aromatic N) is 1. The summed E-state index contributed by atoms with van der Waals surface area (Å²) in [6.07, 6.45) is 3.78. The molecule has 0 saturated carbocycles. The number of anilines is 2. The van der Waals surface area contributed by atoms with Gasteiger partial charge in [0, 0.05) is 29.2 Å². The Hall–Kier alpha value is -2.35. The molecule has 94 valence electrons. The van der Waals surface area contributed by atoms with Crippen LogP contribution in [-0.4, -0.2) is 4.98 Å². The number of hydrogen-bond donors (Lipinski definition) is 1. The first kappa shape index (κ1) is 11.7. The number of fused-ring (bicyclic) bond motifs is 1. The fourth-order valence-corrected chi connectivity index (χ4v) is 2.39. The van der Waals surface area contributed by atoms with Crippen LogP contribution in [0.1, 0.15) is 11.1 Å². The molecule has 1 heterocycles. The predicted octanol–water partition coefficient (Wildman–Crippen LogP) is 4.60.